The van der Waals surface area contributed by atoms with Gasteiger partial charge in [-0.05, 0) is 43.9 Å². The van der Waals surface area contributed by atoms with Crippen LogP contribution < -0.4 is 10.1 Å². The number of amides is 1. The molecule has 1 rings (SSSR count). The second-order valence-corrected chi connectivity index (χ2v) is 5.70. The smallest absolute Gasteiger partial charge is 0.257 e. The van der Waals surface area contributed by atoms with E-state index in [9.17, 15) is 9.90 Å². The highest BCUT2D eigenvalue weighted by atomic mass is 16.5. The Morgan fingerprint density at radius 2 is 1.95 bits per heavy atom. The Labute approximate surface area is 127 Å². The lowest BCUT2D eigenvalue weighted by Crippen LogP contribution is -2.41. The van der Waals surface area contributed by atoms with Gasteiger partial charge in [0.05, 0.1) is 6.61 Å². The van der Waals surface area contributed by atoms with E-state index in [0.29, 0.717) is 6.54 Å². The number of benzene rings is 1. The first-order valence-electron chi connectivity index (χ1n) is 7.54. The molecule has 4 nitrogen and oxygen atoms in total. The van der Waals surface area contributed by atoms with Gasteiger partial charge in [0.25, 0.3) is 5.91 Å². The number of rotatable bonds is 8. The van der Waals surface area contributed by atoms with E-state index >= 15 is 0 Å². The first kappa shape index (κ1) is 17.5. The molecule has 0 radical (unpaired) electrons. The first-order valence-corrected chi connectivity index (χ1v) is 7.54. The van der Waals surface area contributed by atoms with Crippen molar-refractivity contribution in [1.82, 2.24) is 5.32 Å². The summed E-state index contributed by atoms with van der Waals surface area (Å²) in [6.45, 7) is 8.56. The highest BCUT2D eigenvalue weighted by molar-refractivity contribution is 5.77. The topological polar surface area (TPSA) is 58.6 Å². The van der Waals surface area contributed by atoms with Crippen LogP contribution in [0.1, 0.15) is 37.8 Å². The summed E-state index contributed by atoms with van der Waals surface area (Å²) < 4.78 is 5.57. The van der Waals surface area contributed by atoms with E-state index in [4.69, 9.17) is 4.74 Å². The van der Waals surface area contributed by atoms with E-state index in [-0.39, 0.29) is 24.5 Å². The van der Waals surface area contributed by atoms with E-state index < -0.39 is 0 Å². The second kappa shape index (κ2) is 8.03. The SMILES string of the molecule is CCC(CC)(CO)CNC(=O)COc1cc(C)ccc1C. The minimum atomic E-state index is -0.227. The van der Waals surface area contributed by atoms with Gasteiger partial charge in [-0.1, -0.05) is 26.0 Å². The molecule has 0 atom stereocenters. The summed E-state index contributed by atoms with van der Waals surface area (Å²) >= 11 is 0. The molecule has 1 amide bonds. The van der Waals surface area contributed by atoms with Crippen LogP contribution in [0.25, 0.3) is 0 Å². The Morgan fingerprint density at radius 3 is 2.52 bits per heavy atom. The normalized spacial score (nSPS) is 11.3. The van der Waals surface area contributed by atoms with Crippen molar-refractivity contribution in [3.8, 4) is 5.75 Å². The molecular formula is C17H27NO3. The van der Waals surface area contributed by atoms with Crippen LogP contribution >= 0.6 is 0 Å². The third-order valence-corrected chi connectivity index (χ3v) is 4.20. The number of aliphatic hydroxyl groups excluding tert-OH is 1. The van der Waals surface area contributed by atoms with Crippen LogP contribution in [0.5, 0.6) is 5.75 Å². The maximum absolute atomic E-state index is 11.9. The van der Waals surface area contributed by atoms with E-state index in [2.05, 4.69) is 5.32 Å². The summed E-state index contributed by atoms with van der Waals surface area (Å²) in [4.78, 5) is 11.9. The molecule has 0 aliphatic rings. The van der Waals surface area contributed by atoms with Gasteiger partial charge >= 0.3 is 0 Å². The van der Waals surface area contributed by atoms with Crippen molar-refractivity contribution in [2.75, 3.05) is 19.8 Å². The number of nitrogens with one attached hydrogen (secondary N) is 1. The zero-order chi connectivity index (χ0) is 15.9. The van der Waals surface area contributed by atoms with Crippen LogP contribution in [0.4, 0.5) is 0 Å². The Bertz CT molecular complexity index is 459. The molecule has 0 aliphatic carbocycles. The van der Waals surface area contributed by atoms with Crippen molar-refractivity contribution in [2.45, 2.75) is 40.5 Å². The van der Waals surface area contributed by atoms with Gasteiger partial charge in [-0.15, -0.1) is 0 Å². The Kier molecular flexibility index (Phi) is 6.69. The molecule has 0 saturated carbocycles. The van der Waals surface area contributed by atoms with E-state index in [1.807, 2.05) is 45.9 Å². The lowest BCUT2D eigenvalue weighted by Gasteiger charge is -2.29. The summed E-state index contributed by atoms with van der Waals surface area (Å²) in [6.07, 6.45) is 1.66. The van der Waals surface area contributed by atoms with Gasteiger partial charge in [0.2, 0.25) is 0 Å². The van der Waals surface area contributed by atoms with Crippen molar-refractivity contribution in [2.24, 2.45) is 5.41 Å². The van der Waals surface area contributed by atoms with Gasteiger partial charge in [0.15, 0.2) is 6.61 Å². The molecule has 0 spiro atoms. The van der Waals surface area contributed by atoms with Crippen LogP contribution in [0, 0.1) is 19.3 Å². The number of hydrogen-bond donors (Lipinski definition) is 2. The van der Waals surface area contributed by atoms with E-state index in [0.717, 1.165) is 29.7 Å². The highest BCUT2D eigenvalue weighted by Crippen LogP contribution is 2.24. The third kappa shape index (κ3) is 5.05. The number of hydrogen-bond acceptors (Lipinski definition) is 3. The molecule has 0 bridgehead atoms. The van der Waals surface area contributed by atoms with Crippen molar-refractivity contribution in [3.63, 3.8) is 0 Å². The van der Waals surface area contributed by atoms with Crippen molar-refractivity contribution in [1.29, 1.82) is 0 Å². The standard InChI is InChI=1S/C17H27NO3/c1-5-17(6-2,12-19)11-18-16(20)10-21-15-9-13(3)7-8-14(15)4/h7-9,19H,5-6,10-12H2,1-4H3,(H,18,20). The summed E-state index contributed by atoms with van der Waals surface area (Å²) in [5, 5.41) is 12.3. The number of aliphatic hydroxyl groups is 1. The second-order valence-electron chi connectivity index (χ2n) is 5.70. The molecule has 0 unspecified atom stereocenters. The van der Waals surface area contributed by atoms with Gasteiger partial charge in [0.1, 0.15) is 5.75 Å². The fraction of sp³-hybridized carbons (Fsp3) is 0.588. The monoisotopic (exact) mass is 293 g/mol. The van der Waals surface area contributed by atoms with Gasteiger partial charge in [0, 0.05) is 12.0 Å². The molecule has 0 fully saturated rings. The maximum atomic E-state index is 11.9. The van der Waals surface area contributed by atoms with Gasteiger partial charge in [-0.3, -0.25) is 4.79 Å². The molecule has 0 heterocycles. The predicted molar refractivity (Wildman–Crippen MR) is 84.5 cm³/mol. The van der Waals surface area contributed by atoms with Crippen LogP contribution in [-0.4, -0.2) is 30.8 Å². The molecule has 0 aromatic heterocycles. The van der Waals surface area contributed by atoms with Crippen LogP contribution in [-0.2, 0) is 4.79 Å². The van der Waals surface area contributed by atoms with Gasteiger partial charge in [-0.25, -0.2) is 0 Å². The first-order chi connectivity index (χ1) is 9.96. The number of aryl methyl sites for hydroxylation is 2. The molecule has 0 aliphatic heterocycles. The van der Waals surface area contributed by atoms with Gasteiger partial charge < -0.3 is 15.2 Å². The average molecular weight is 293 g/mol. The molecular weight excluding hydrogens is 266 g/mol. The number of carbonyl (C=O) groups excluding carboxylic acids is 1. The predicted octanol–water partition coefficient (Wildman–Crippen LogP) is 2.60. The number of ether oxygens (including phenoxy) is 1. The highest BCUT2D eigenvalue weighted by Gasteiger charge is 2.25. The van der Waals surface area contributed by atoms with Gasteiger partial charge in [-0.2, -0.15) is 0 Å². The fourth-order valence-electron chi connectivity index (χ4n) is 2.12. The quantitative estimate of drug-likeness (QED) is 0.774. The van der Waals surface area contributed by atoms with Crippen LogP contribution in [0.15, 0.2) is 18.2 Å². The molecule has 1 aromatic rings. The van der Waals surface area contributed by atoms with Crippen molar-refractivity contribution >= 4 is 5.91 Å². The van der Waals surface area contributed by atoms with Crippen molar-refractivity contribution in [3.05, 3.63) is 29.3 Å². The van der Waals surface area contributed by atoms with E-state index in [1.165, 1.54) is 0 Å². The molecule has 0 saturated heterocycles. The Morgan fingerprint density at radius 1 is 1.29 bits per heavy atom. The zero-order valence-corrected chi connectivity index (χ0v) is 13.5. The largest absolute Gasteiger partial charge is 0.483 e. The molecule has 1 aromatic carbocycles. The lowest BCUT2D eigenvalue weighted by molar-refractivity contribution is -0.123. The molecule has 2 N–H and O–H groups in total. The fourth-order valence-corrected chi connectivity index (χ4v) is 2.12. The maximum Gasteiger partial charge on any atom is 0.257 e. The van der Waals surface area contributed by atoms with Crippen LogP contribution in [0.3, 0.4) is 0 Å². The summed E-state index contributed by atoms with van der Waals surface area (Å²) in [5.41, 5.74) is 1.89. The van der Waals surface area contributed by atoms with Crippen molar-refractivity contribution < 1.29 is 14.6 Å². The Hall–Kier alpha value is -1.55. The lowest BCUT2D eigenvalue weighted by atomic mass is 9.83. The molecule has 118 valence electrons. The molecule has 4 heteroatoms. The third-order valence-electron chi connectivity index (χ3n) is 4.20. The van der Waals surface area contributed by atoms with Crippen LogP contribution in [0.2, 0.25) is 0 Å². The number of carbonyl (C=O) groups is 1. The Balaban J connectivity index is 2.49. The minimum absolute atomic E-state index is 0.000763. The van der Waals surface area contributed by atoms with E-state index in [1.54, 1.807) is 0 Å². The summed E-state index contributed by atoms with van der Waals surface area (Å²) in [5.74, 6) is 0.584. The average Bonchev–Trinajstić information content (AvgIpc) is 2.50. The minimum Gasteiger partial charge on any atom is -0.483 e. The zero-order valence-electron chi connectivity index (χ0n) is 13.5. The summed E-state index contributed by atoms with van der Waals surface area (Å²) in [7, 11) is 0. The molecule has 21 heavy (non-hydrogen) atoms. The summed E-state index contributed by atoms with van der Waals surface area (Å²) in [6, 6.07) is 5.92.